The molecule has 0 aromatic heterocycles. The van der Waals surface area contributed by atoms with Crippen molar-refractivity contribution in [2.24, 2.45) is 5.41 Å². The van der Waals surface area contributed by atoms with E-state index in [1.165, 1.54) is 88.2 Å². The molecule has 0 bridgehead atoms. The predicted molar refractivity (Wildman–Crippen MR) is 126 cm³/mol. The van der Waals surface area contributed by atoms with E-state index in [9.17, 15) is 0 Å². The Balaban J connectivity index is 1.73. The number of alkyl halides is 1. The summed E-state index contributed by atoms with van der Waals surface area (Å²) < 4.78 is 0.706. The molecule has 26 heavy (non-hydrogen) atoms. The minimum Gasteiger partial charge on any atom is -0.0789 e. The lowest BCUT2D eigenvalue weighted by atomic mass is 9.88. The summed E-state index contributed by atoms with van der Waals surface area (Å²) in [7, 11) is 0. The third kappa shape index (κ3) is 8.31. The van der Waals surface area contributed by atoms with Crippen molar-refractivity contribution in [2.45, 2.75) is 115 Å². The van der Waals surface area contributed by atoms with Gasteiger partial charge in [0.1, 0.15) is 0 Å². The summed E-state index contributed by atoms with van der Waals surface area (Å²) >= 11 is 2.69. The summed E-state index contributed by atoms with van der Waals surface area (Å²) in [5, 5.41) is 0. The maximum atomic E-state index is 2.69. The largest absolute Gasteiger partial charge is 0.0789 e. The van der Waals surface area contributed by atoms with Gasteiger partial charge in [-0.05, 0) is 92.9 Å². The maximum Gasteiger partial charge on any atom is 0.0223 e. The van der Waals surface area contributed by atoms with Gasteiger partial charge in [0.15, 0.2) is 0 Å². The molecule has 1 aliphatic carbocycles. The molecular formula is C25H41I. The van der Waals surface area contributed by atoms with Crippen LogP contribution in [0, 0.1) is 19.3 Å². The fraction of sp³-hybridized carbons (Fsp3) is 0.760. The lowest BCUT2D eigenvalue weighted by Crippen LogP contribution is -2.04. The highest BCUT2D eigenvalue weighted by molar-refractivity contribution is 14.1. The molecule has 0 atom stereocenters. The van der Waals surface area contributed by atoms with Crippen molar-refractivity contribution in [3.63, 3.8) is 0 Å². The zero-order chi connectivity index (χ0) is 19.2. The number of aryl methyl sites for hydroxylation is 4. The lowest BCUT2D eigenvalue weighted by molar-refractivity contribution is 0.358. The molecule has 0 nitrogen and oxygen atoms in total. The van der Waals surface area contributed by atoms with E-state index in [1.54, 1.807) is 11.1 Å². The number of halogens is 1. The number of hydrogen-bond donors (Lipinski definition) is 0. The molecule has 0 unspecified atom stereocenters. The molecule has 1 aromatic carbocycles. The summed E-state index contributed by atoms with van der Waals surface area (Å²) in [6, 6.07) is 4.97. The Hall–Kier alpha value is -0.0500. The Morgan fingerprint density at radius 3 is 1.85 bits per heavy atom. The average molecular weight is 469 g/mol. The van der Waals surface area contributed by atoms with Gasteiger partial charge in [0, 0.05) is 3.42 Å². The van der Waals surface area contributed by atoms with Crippen molar-refractivity contribution in [1.82, 2.24) is 0 Å². The van der Waals surface area contributed by atoms with Crippen LogP contribution in [0.25, 0.3) is 0 Å². The van der Waals surface area contributed by atoms with E-state index < -0.39 is 0 Å². The third-order valence-corrected chi connectivity index (χ3v) is 7.65. The molecular weight excluding hydrogens is 427 g/mol. The molecule has 0 N–H and O–H groups in total. The summed E-state index contributed by atoms with van der Waals surface area (Å²) in [6.07, 6.45) is 16.5. The van der Waals surface area contributed by atoms with Crippen LogP contribution < -0.4 is 0 Å². The molecule has 2 rings (SSSR count). The summed E-state index contributed by atoms with van der Waals surface area (Å²) in [5.41, 5.74) is 6.71. The standard InChI is InChI=1S/C25H41I/c1-20-18-21(2)23(13-9-7-11-15-25(26)16-17-25)19-22(20)12-8-6-10-14-24(3,4)5/h18-19H,6-17H2,1-5H3. The molecule has 0 aliphatic heterocycles. The van der Waals surface area contributed by atoms with Gasteiger partial charge in [0.05, 0.1) is 0 Å². The van der Waals surface area contributed by atoms with Gasteiger partial charge in [-0.2, -0.15) is 0 Å². The fourth-order valence-electron chi connectivity index (χ4n) is 3.95. The van der Waals surface area contributed by atoms with E-state index in [2.05, 4.69) is 69.3 Å². The van der Waals surface area contributed by atoms with Gasteiger partial charge in [-0.25, -0.2) is 0 Å². The molecule has 1 saturated carbocycles. The quantitative estimate of drug-likeness (QED) is 0.173. The van der Waals surface area contributed by atoms with Gasteiger partial charge in [0.2, 0.25) is 0 Å². The van der Waals surface area contributed by atoms with E-state index >= 15 is 0 Å². The zero-order valence-corrected chi connectivity index (χ0v) is 20.2. The number of hydrogen-bond acceptors (Lipinski definition) is 0. The number of benzene rings is 1. The molecule has 1 aromatic rings. The lowest BCUT2D eigenvalue weighted by Gasteiger charge is -2.17. The van der Waals surface area contributed by atoms with E-state index in [0.717, 1.165) is 0 Å². The van der Waals surface area contributed by atoms with Crippen molar-refractivity contribution < 1.29 is 0 Å². The molecule has 0 radical (unpaired) electrons. The first-order chi connectivity index (χ1) is 12.2. The monoisotopic (exact) mass is 468 g/mol. The van der Waals surface area contributed by atoms with Gasteiger partial charge in [0.25, 0.3) is 0 Å². The average Bonchev–Trinajstić information content (AvgIpc) is 3.26. The SMILES string of the molecule is Cc1cc(C)c(CCCCCC2(I)CC2)cc1CCCCCC(C)(C)C. The number of unbranched alkanes of at least 4 members (excludes halogenated alkanes) is 4. The smallest absolute Gasteiger partial charge is 0.0223 e. The Morgan fingerprint density at radius 2 is 1.35 bits per heavy atom. The van der Waals surface area contributed by atoms with Gasteiger partial charge in [-0.15, -0.1) is 0 Å². The van der Waals surface area contributed by atoms with Gasteiger partial charge >= 0.3 is 0 Å². The first kappa shape index (κ1) is 22.2. The van der Waals surface area contributed by atoms with Crippen LogP contribution in [0.3, 0.4) is 0 Å². The highest BCUT2D eigenvalue weighted by Crippen LogP contribution is 2.48. The van der Waals surface area contributed by atoms with Crippen LogP contribution in [0.1, 0.15) is 107 Å². The number of rotatable bonds is 11. The van der Waals surface area contributed by atoms with Gasteiger partial charge in [-0.1, -0.05) is 81.2 Å². The van der Waals surface area contributed by atoms with E-state index in [-0.39, 0.29) is 0 Å². The molecule has 0 amide bonds. The van der Waals surface area contributed by atoms with Crippen molar-refractivity contribution in [3.05, 3.63) is 34.4 Å². The van der Waals surface area contributed by atoms with Crippen LogP contribution in [-0.4, -0.2) is 3.42 Å². The molecule has 0 heterocycles. The third-order valence-electron chi connectivity index (χ3n) is 6.03. The van der Waals surface area contributed by atoms with Gasteiger partial charge < -0.3 is 0 Å². The van der Waals surface area contributed by atoms with E-state index in [4.69, 9.17) is 0 Å². The van der Waals surface area contributed by atoms with Crippen molar-refractivity contribution in [2.75, 3.05) is 0 Å². The van der Waals surface area contributed by atoms with Crippen LogP contribution in [0.5, 0.6) is 0 Å². The van der Waals surface area contributed by atoms with Crippen molar-refractivity contribution >= 4 is 22.6 Å². The van der Waals surface area contributed by atoms with Crippen molar-refractivity contribution in [1.29, 1.82) is 0 Å². The normalized spacial score (nSPS) is 16.1. The molecule has 1 heteroatoms. The Labute approximate surface area is 177 Å². The second-order valence-corrected chi connectivity index (χ2v) is 12.3. The van der Waals surface area contributed by atoms with E-state index in [0.29, 0.717) is 8.84 Å². The van der Waals surface area contributed by atoms with Gasteiger partial charge in [-0.3, -0.25) is 0 Å². The maximum absolute atomic E-state index is 2.69. The first-order valence-corrected chi connectivity index (χ1v) is 12.0. The fourth-order valence-corrected chi connectivity index (χ4v) is 4.61. The second-order valence-electron chi connectivity index (χ2n) is 10.0. The predicted octanol–water partition coefficient (Wildman–Crippen LogP) is 8.52. The molecule has 0 saturated heterocycles. The Morgan fingerprint density at radius 1 is 0.808 bits per heavy atom. The Kier molecular flexibility index (Phi) is 8.50. The zero-order valence-electron chi connectivity index (χ0n) is 18.0. The summed E-state index contributed by atoms with van der Waals surface area (Å²) in [6.45, 7) is 11.7. The minimum atomic E-state index is 0.489. The Bertz CT molecular complexity index is 524. The molecule has 0 spiro atoms. The van der Waals surface area contributed by atoms with Crippen LogP contribution in [-0.2, 0) is 12.8 Å². The van der Waals surface area contributed by atoms with Crippen LogP contribution in [0.15, 0.2) is 12.1 Å². The van der Waals surface area contributed by atoms with Crippen LogP contribution in [0.2, 0.25) is 0 Å². The summed E-state index contributed by atoms with van der Waals surface area (Å²) in [5.74, 6) is 0. The van der Waals surface area contributed by atoms with Crippen LogP contribution in [0.4, 0.5) is 0 Å². The van der Waals surface area contributed by atoms with E-state index in [1.807, 2.05) is 0 Å². The highest BCUT2D eigenvalue weighted by Gasteiger charge is 2.38. The molecule has 1 fully saturated rings. The molecule has 1 aliphatic rings. The van der Waals surface area contributed by atoms with Crippen molar-refractivity contribution in [3.8, 4) is 0 Å². The van der Waals surface area contributed by atoms with Crippen LogP contribution >= 0.6 is 22.6 Å². The summed E-state index contributed by atoms with van der Waals surface area (Å²) in [4.78, 5) is 0. The first-order valence-electron chi connectivity index (χ1n) is 11.0. The topological polar surface area (TPSA) is 0 Å². The second kappa shape index (κ2) is 9.94. The molecule has 148 valence electrons. The minimum absolute atomic E-state index is 0.489. The highest BCUT2D eigenvalue weighted by atomic mass is 127.